The first-order valence-electron chi connectivity index (χ1n) is 5.26. The highest BCUT2D eigenvalue weighted by Gasteiger charge is 2.15. The number of hydrazine groups is 1. The van der Waals surface area contributed by atoms with Crippen LogP contribution in [0.5, 0.6) is 0 Å². The summed E-state index contributed by atoms with van der Waals surface area (Å²) < 4.78 is 10.5. The lowest BCUT2D eigenvalue weighted by molar-refractivity contribution is 0.0925. The van der Waals surface area contributed by atoms with E-state index in [-0.39, 0.29) is 5.76 Å². The summed E-state index contributed by atoms with van der Waals surface area (Å²) in [5.41, 5.74) is 3.65. The molecule has 2 heterocycles. The summed E-state index contributed by atoms with van der Waals surface area (Å²) in [6, 6.07) is 1.72. The minimum absolute atomic E-state index is 0.213. The normalized spacial score (nSPS) is 10.6. The fraction of sp³-hybridized carbons (Fsp3) is 0.273. The van der Waals surface area contributed by atoms with Gasteiger partial charge in [0.25, 0.3) is 5.22 Å². The van der Waals surface area contributed by atoms with Gasteiger partial charge in [0.2, 0.25) is 0 Å². The SMILES string of the molecule is Cc1nc(SCc2ccoc2C(=O)NN)oc1C. The summed E-state index contributed by atoms with van der Waals surface area (Å²) >= 11 is 1.40. The first kappa shape index (κ1) is 12.7. The number of nitrogens with two attached hydrogens (primary N) is 1. The van der Waals surface area contributed by atoms with Gasteiger partial charge in [-0.05, 0) is 19.9 Å². The standard InChI is InChI=1S/C11H13N3O3S/c1-6-7(2)17-11(13-6)18-5-8-3-4-16-9(8)10(15)14-12/h3-4H,5,12H2,1-2H3,(H,14,15). The van der Waals surface area contributed by atoms with Crippen molar-refractivity contribution in [1.82, 2.24) is 10.4 Å². The van der Waals surface area contributed by atoms with Crippen LogP contribution in [0.15, 0.2) is 26.4 Å². The molecular formula is C11H13N3O3S. The molecule has 0 aromatic carbocycles. The second kappa shape index (κ2) is 5.28. The number of thioether (sulfide) groups is 1. The molecule has 0 unspecified atom stereocenters. The fourth-order valence-corrected chi connectivity index (χ4v) is 2.25. The molecule has 1 amide bonds. The van der Waals surface area contributed by atoms with Crippen LogP contribution in [0.3, 0.4) is 0 Å². The molecule has 0 bridgehead atoms. The highest BCUT2D eigenvalue weighted by molar-refractivity contribution is 7.98. The molecular weight excluding hydrogens is 254 g/mol. The van der Waals surface area contributed by atoms with E-state index in [2.05, 4.69) is 4.98 Å². The average molecular weight is 267 g/mol. The van der Waals surface area contributed by atoms with Crippen LogP contribution in [0.4, 0.5) is 0 Å². The molecule has 0 aliphatic rings. The largest absolute Gasteiger partial charge is 0.459 e. The van der Waals surface area contributed by atoms with Crippen molar-refractivity contribution in [2.45, 2.75) is 24.8 Å². The van der Waals surface area contributed by atoms with Crippen molar-refractivity contribution in [3.8, 4) is 0 Å². The van der Waals surface area contributed by atoms with E-state index in [4.69, 9.17) is 14.7 Å². The Hall–Kier alpha value is -1.73. The monoisotopic (exact) mass is 267 g/mol. The van der Waals surface area contributed by atoms with Crippen molar-refractivity contribution in [2.24, 2.45) is 5.84 Å². The minimum Gasteiger partial charge on any atom is -0.459 e. The molecule has 18 heavy (non-hydrogen) atoms. The molecule has 0 fully saturated rings. The third-order valence-corrected chi connectivity index (χ3v) is 3.32. The van der Waals surface area contributed by atoms with E-state index in [1.807, 2.05) is 19.3 Å². The summed E-state index contributed by atoms with van der Waals surface area (Å²) in [5.74, 6) is 6.15. The van der Waals surface area contributed by atoms with Crippen molar-refractivity contribution in [2.75, 3.05) is 0 Å². The topological polar surface area (TPSA) is 94.3 Å². The highest BCUT2D eigenvalue weighted by atomic mass is 32.2. The number of rotatable bonds is 4. The first-order chi connectivity index (χ1) is 8.61. The summed E-state index contributed by atoms with van der Waals surface area (Å²) in [7, 11) is 0. The van der Waals surface area contributed by atoms with E-state index in [0.29, 0.717) is 11.0 Å². The van der Waals surface area contributed by atoms with E-state index >= 15 is 0 Å². The van der Waals surface area contributed by atoms with Crippen molar-refractivity contribution in [3.05, 3.63) is 35.1 Å². The third kappa shape index (κ3) is 2.57. The summed E-state index contributed by atoms with van der Waals surface area (Å²) in [4.78, 5) is 15.6. The zero-order chi connectivity index (χ0) is 13.1. The van der Waals surface area contributed by atoms with Crippen molar-refractivity contribution >= 4 is 17.7 Å². The number of nitrogen functional groups attached to an aromatic ring is 1. The number of carbonyl (C=O) groups excluding carboxylic acids is 1. The Balaban J connectivity index is 2.06. The Bertz CT molecular complexity index is 542. The molecule has 96 valence electrons. The molecule has 0 spiro atoms. The number of nitrogens with zero attached hydrogens (tertiary/aromatic N) is 1. The number of hydrogen-bond acceptors (Lipinski definition) is 6. The maximum absolute atomic E-state index is 11.4. The predicted octanol–water partition coefficient (Wildman–Crippen LogP) is 1.78. The minimum atomic E-state index is -0.449. The number of aryl methyl sites for hydroxylation is 2. The molecule has 3 N–H and O–H groups in total. The van der Waals surface area contributed by atoms with Crippen LogP contribution in [-0.2, 0) is 5.75 Å². The van der Waals surface area contributed by atoms with Crippen molar-refractivity contribution in [3.63, 3.8) is 0 Å². The molecule has 0 radical (unpaired) electrons. The number of oxazole rings is 1. The van der Waals surface area contributed by atoms with Crippen LogP contribution in [0.1, 0.15) is 27.6 Å². The van der Waals surface area contributed by atoms with Crippen LogP contribution < -0.4 is 11.3 Å². The van der Waals surface area contributed by atoms with E-state index in [0.717, 1.165) is 17.0 Å². The number of amides is 1. The maximum Gasteiger partial charge on any atom is 0.301 e. The van der Waals surface area contributed by atoms with Crippen LogP contribution in [0, 0.1) is 13.8 Å². The Morgan fingerprint density at radius 3 is 2.94 bits per heavy atom. The Kier molecular flexibility index (Phi) is 3.73. The molecule has 2 aromatic heterocycles. The van der Waals surface area contributed by atoms with Gasteiger partial charge in [-0.25, -0.2) is 10.8 Å². The summed E-state index contributed by atoms with van der Waals surface area (Å²) in [6.07, 6.45) is 1.45. The van der Waals surface area contributed by atoms with Crippen LogP contribution in [0.2, 0.25) is 0 Å². The third-order valence-electron chi connectivity index (χ3n) is 2.44. The molecule has 2 rings (SSSR count). The number of furan rings is 1. The van der Waals surface area contributed by atoms with Gasteiger partial charge < -0.3 is 8.83 Å². The van der Waals surface area contributed by atoms with Gasteiger partial charge in [0, 0.05) is 11.3 Å². The second-order valence-corrected chi connectivity index (χ2v) is 4.59. The lowest BCUT2D eigenvalue weighted by Gasteiger charge is -1.99. The Morgan fingerprint density at radius 2 is 2.33 bits per heavy atom. The van der Waals surface area contributed by atoms with E-state index < -0.39 is 5.91 Å². The molecule has 7 heteroatoms. The predicted molar refractivity (Wildman–Crippen MR) is 65.9 cm³/mol. The van der Waals surface area contributed by atoms with Gasteiger partial charge in [0.05, 0.1) is 12.0 Å². The van der Waals surface area contributed by atoms with Gasteiger partial charge >= 0.3 is 5.91 Å². The lowest BCUT2D eigenvalue weighted by atomic mass is 10.3. The molecule has 2 aromatic rings. The van der Waals surface area contributed by atoms with Gasteiger partial charge in [-0.15, -0.1) is 0 Å². The lowest BCUT2D eigenvalue weighted by Crippen LogP contribution is -2.30. The van der Waals surface area contributed by atoms with Gasteiger partial charge in [-0.2, -0.15) is 0 Å². The molecule has 6 nitrogen and oxygen atoms in total. The molecule has 0 aliphatic heterocycles. The quantitative estimate of drug-likeness (QED) is 0.379. The Morgan fingerprint density at radius 1 is 1.56 bits per heavy atom. The summed E-state index contributed by atoms with van der Waals surface area (Å²) in [5, 5.41) is 0.574. The first-order valence-corrected chi connectivity index (χ1v) is 6.24. The van der Waals surface area contributed by atoms with Crippen LogP contribution in [-0.4, -0.2) is 10.9 Å². The summed E-state index contributed by atoms with van der Waals surface area (Å²) in [6.45, 7) is 3.74. The smallest absolute Gasteiger partial charge is 0.301 e. The van der Waals surface area contributed by atoms with E-state index in [1.165, 1.54) is 18.0 Å². The average Bonchev–Trinajstić information content (AvgIpc) is 2.93. The van der Waals surface area contributed by atoms with Gasteiger partial charge in [0.15, 0.2) is 5.76 Å². The van der Waals surface area contributed by atoms with Gasteiger partial charge in [0.1, 0.15) is 5.76 Å². The highest BCUT2D eigenvalue weighted by Crippen LogP contribution is 2.25. The maximum atomic E-state index is 11.4. The van der Waals surface area contributed by atoms with Gasteiger partial charge in [-0.1, -0.05) is 11.8 Å². The molecule has 0 saturated carbocycles. The zero-order valence-corrected chi connectivity index (χ0v) is 10.8. The number of nitrogens with one attached hydrogen (secondary N) is 1. The van der Waals surface area contributed by atoms with E-state index in [1.54, 1.807) is 6.07 Å². The zero-order valence-electron chi connectivity index (χ0n) is 10.0. The van der Waals surface area contributed by atoms with Crippen molar-refractivity contribution in [1.29, 1.82) is 0 Å². The molecule has 0 atom stereocenters. The molecule has 0 saturated heterocycles. The number of carbonyl (C=O) groups is 1. The van der Waals surface area contributed by atoms with Crippen molar-refractivity contribution < 1.29 is 13.6 Å². The van der Waals surface area contributed by atoms with Crippen LogP contribution >= 0.6 is 11.8 Å². The molecule has 0 aliphatic carbocycles. The number of aromatic nitrogens is 1. The van der Waals surface area contributed by atoms with Crippen LogP contribution in [0.25, 0.3) is 0 Å². The fourth-order valence-electron chi connectivity index (χ4n) is 1.36. The number of hydrogen-bond donors (Lipinski definition) is 2. The Labute approximate surface area is 108 Å². The van der Waals surface area contributed by atoms with E-state index in [9.17, 15) is 4.79 Å². The van der Waals surface area contributed by atoms with Gasteiger partial charge in [-0.3, -0.25) is 10.2 Å². The second-order valence-electron chi connectivity index (χ2n) is 3.66.